The molecule has 8 nitrogen and oxygen atoms in total. The van der Waals surface area contributed by atoms with Gasteiger partial charge in [0.15, 0.2) is 0 Å². The van der Waals surface area contributed by atoms with E-state index in [2.05, 4.69) is 5.32 Å². The molecular weight excluding hydrogens is 434 g/mol. The van der Waals surface area contributed by atoms with Crippen LogP contribution in [0.5, 0.6) is 0 Å². The first-order valence-corrected chi connectivity index (χ1v) is 11.5. The lowest BCUT2D eigenvalue weighted by molar-refractivity contribution is -0.152. The van der Waals surface area contributed by atoms with Gasteiger partial charge in [0.2, 0.25) is 11.8 Å². The topological polar surface area (TPSA) is 96.0 Å². The molecule has 1 atom stereocenters. The van der Waals surface area contributed by atoms with Crippen molar-refractivity contribution in [3.05, 3.63) is 60.2 Å². The number of benzene rings is 2. The minimum Gasteiger partial charge on any atom is -0.466 e. The highest BCUT2D eigenvalue weighted by molar-refractivity contribution is 5.97. The normalized spacial score (nSPS) is 15.4. The fourth-order valence-electron chi connectivity index (χ4n) is 3.88. The number of likely N-dealkylation sites (N-methyl/N-ethyl adjacent to an activating group) is 1. The average Bonchev–Trinajstić information content (AvgIpc) is 2.87. The summed E-state index contributed by atoms with van der Waals surface area (Å²) in [4.78, 5) is 52.4. The van der Waals surface area contributed by atoms with Gasteiger partial charge in [-0.25, -0.2) is 0 Å². The number of nitrogens with one attached hydrogen (secondary N) is 1. The third-order valence-electron chi connectivity index (χ3n) is 5.85. The molecule has 1 fully saturated rings. The molecule has 34 heavy (non-hydrogen) atoms. The van der Waals surface area contributed by atoms with E-state index in [-0.39, 0.29) is 42.7 Å². The lowest BCUT2D eigenvalue weighted by atomic mass is 9.98. The van der Waals surface area contributed by atoms with Crippen molar-refractivity contribution < 1.29 is 23.9 Å². The smallest absolute Gasteiger partial charge is 0.310 e. The average molecular weight is 466 g/mol. The van der Waals surface area contributed by atoms with E-state index in [0.29, 0.717) is 38.1 Å². The van der Waals surface area contributed by atoms with E-state index < -0.39 is 0 Å². The van der Waals surface area contributed by atoms with Gasteiger partial charge in [0.25, 0.3) is 5.91 Å². The SMILES string of the molecule is CCOC(=O)C1CCCN(C(=O)CN(C)C(=O)CNC(=O)c2ccc(-c3ccccc3)cc2)C1. The molecule has 1 saturated heterocycles. The van der Waals surface area contributed by atoms with Crippen LogP contribution in [0.15, 0.2) is 54.6 Å². The predicted octanol–water partition coefficient (Wildman–Crippen LogP) is 2.34. The molecule has 0 aliphatic carbocycles. The fourth-order valence-corrected chi connectivity index (χ4v) is 3.88. The van der Waals surface area contributed by atoms with Gasteiger partial charge >= 0.3 is 5.97 Å². The number of rotatable bonds is 8. The third kappa shape index (κ3) is 6.66. The van der Waals surface area contributed by atoms with Gasteiger partial charge in [-0.15, -0.1) is 0 Å². The highest BCUT2D eigenvalue weighted by atomic mass is 16.5. The highest BCUT2D eigenvalue weighted by Crippen LogP contribution is 2.20. The second-order valence-electron chi connectivity index (χ2n) is 8.31. The van der Waals surface area contributed by atoms with Crippen molar-refractivity contribution in [3.8, 4) is 11.1 Å². The zero-order chi connectivity index (χ0) is 24.5. The molecule has 0 aromatic heterocycles. The zero-order valence-electron chi connectivity index (χ0n) is 19.7. The molecular formula is C26H31N3O5. The molecule has 2 aromatic carbocycles. The summed E-state index contributed by atoms with van der Waals surface area (Å²) in [6.45, 7) is 2.58. The van der Waals surface area contributed by atoms with Crippen LogP contribution in [-0.2, 0) is 19.1 Å². The van der Waals surface area contributed by atoms with Gasteiger partial charge in [-0.2, -0.15) is 0 Å². The van der Waals surface area contributed by atoms with Gasteiger partial charge in [0, 0.05) is 25.7 Å². The monoisotopic (exact) mass is 465 g/mol. The lowest BCUT2D eigenvalue weighted by Gasteiger charge is -2.32. The Bertz CT molecular complexity index is 1010. The van der Waals surface area contributed by atoms with Crippen LogP contribution in [0.2, 0.25) is 0 Å². The van der Waals surface area contributed by atoms with E-state index in [4.69, 9.17) is 4.74 Å². The van der Waals surface area contributed by atoms with Crippen LogP contribution in [0.25, 0.3) is 11.1 Å². The molecule has 8 heteroatoms. The van der Waals surface area contributed by atoms with E-state index in [1.54, 1.807) is 24.0 Å². The standard InChI is InChI=1S/C26H31N3O5/c1-3-34-26(33)22-10-7-15-29(17-22)24(31)18-28(2)23(30)16-27-25(32)21-13-11-20(12-14-21)19-8-5-4-6-9-19/h4-6,8-9,11-14,22H,3,7,10,15-18H2,1-2H3,(H,27,32). The quantitative estimate of drug-likeness (QED) is 0.604. The Kier molecular flexibility index (Phi) is 8.79. The Morgan fingerprint density at radius 1 is 1.03 bits per heavy atom. The maximum absolute atomic E-state index is 12.6. The number of esters is 1. The van der Waals surface area contributed by atoms with E-state index in [1.165, 1.54) is 11.9 Å². The minimum absolute atomic E-state index is 0.115. The number of carbonyl (C=O) groups excluding carboxylic acids is 4. The summed E-state index contributed by atoms with van der Waals surface area (Å²) >= 11 is 0. The first kappa shape index (κ1) is 25.0. The first-order chi connectivity index (χ1) is 16.4. The Morgan fingerprint density at radius 3 is 2.38 bits per heavy atom. The van der Waals surface area contributed by atoms with Crippen molar-refractivity contribution in [2.45, 2.75) is 19.8 Å². The summed E-state index contributed by atoms with van der Waals surface area (Å²) in [6, 6.07) is 17.0. The van der Waals surface area contributed by atoms with E-state index in [1.807, 2.05) is 42.5 Å². The summed E-state index contributed by atoms with van der Waals surface area (Å²) in [7, 11) is 1.52. The van der Waals surface area contributed by atoms with Gasteiger partial charge in [0.05, 0.1) is 25.6 Å². The molecule has 2 aromatic rings. The highest BCUT2D eigenvalue weighted by Gasteiger charge is 2.30. The van der Waals surface area contributed by atoms with Crippen molar-refractivity contribution in [2.24, 2.45) is 5.92 Å². The molecule has 3 amide bonds. The van der Waals surface area contributed by atoms with Crippen molar-refractivity contribution >= 4 is 23.7 Å². The molecule has 180 valence electrons. The summed E-state index contributed by atoms with van der Waals surface area (Å²) in [5, 5.41) is 2.61. The molecule has 0 saturated carbocycles. The van der Waals surface area contributed by atoms with Gasteiger partial charge < -0.3 is 19.9 Å². The summed E-state index contributed by atoms with van der Waals surface area (Å²) in [6.07, 6.45) is 1.40. The zero-order valence-corrected chi connectivity index (χ0v) is 19.7. The van der Waals surface area contributed by atoms with Crippen molar-refractivity contribution in [1.82, 2.24) is 15.1 Å². The van der Waals surface area contributed by atoms with E-state index in [0.717, 1.165) is 11.1 Å². The number of likely N-dealkylation sites (tertiary alicyclic amines) is 1. The van der Waals surface area contributed by atoms with Crippen LogP contribution in [0, 0.1) is 5.92 Å². The van der Waals surface area contributed by atoms with Gasteiger partial charge in [-0.1, -0.05) is 42.5 Å². The van der Waals surface area contributed by atoms with Crippen LogP contribution < -0.4 is 5.32 Å². The van der Waals surface area contributed by atoms with Gasteiger partial charge in [-0.3, -0.25) is 19.2 Å². The maximum atomic E-state index is 12.6. The Labute approximate surface area is 199 Å². The second-order valence-corrected chi connectivity index (χ2v) is 8.31. The number of ether oxygens (including phenoxy) is 1. The maximum Gasteiger partial charge on any atom is 0.310 e. The van der Waals surface area contributed by atoms with Gasteiger partial charge in [-0.05, 0) is 43.0 Å². The van der Waals surface area contributed by atoms with Crippen molar-refractivity contribution in [2.75, 3.05) is 39.8 Å². The van der Waals surface area contributed by atoms with Crippen LogP contribution in [0.4, 0.5) is 0 Å². The minimum atomic E-state index is -0.374. The molecule has 1 N–H and O–H groups in total. The number of amides is 3. The van der Waals surface area contributed by atoms with Crippen LogP contribution in [0.3, 0.4) is 0 Å². The summed E-state index contributed by atoms with van der Waals surface area (Å²) in [5.74, 6) is -1.58. The molecule has 1 aliphatic rings. The van der Waals surface area contributed by atoms with Crippen LogP contribution >= 0.6 is 0 Å². The third-order valence-corrected chi connectivity index (χ3v) is 5.85. The molecule has 0 radical (unpaired) electrons. The number of hydrogen-bond acceptors (Lipinski definition) is 5. The lowest BCUT2D eigenvalue weighted by Crippen LogP contribution is -2.48. The molecule has 0 bridgehead atoms. The van der Waals surface area contributed by atoms with E-state index >= 15 is 0 Å². The van der Waals surface area contributed by atoms with E-state index in [9.17, 15) is 19.2 Å². The number of nitrogens with zero attached hydrogens (tertiary/aromatic N) is 2. The predicted molar refractivity (Wildman–Crippen MR) is 128 cm³/mol. The van der Waals surface area contributed by atoms with Crippen molar-refractivity contribution in [1.29, 1.82) is 0 Å². The molecule has 1 aliphatic heterocycles. The molecule has 3 rings (SSSR count). The second kappa shape index (κ2) is 12.0. The number of hydrogen-bond donors (Lipinski definition) is 1. The Balaban J connectivity index is 1.46. The largest absolute Gasteiger partial charge is 0.466 e. The molecule has 1 unspecified atom stereocenters. The van der Waals surface area contributed by atoms with Crippen molar-refractivity contribution in [3.63, 3.8) is 0 Å². The van der Waals surface area contributed by atoms with Crippen LogP contribution in [0.1, 0.15) is 30.1 Å². The molecule has 1 heterocycles. The summed E-state index contributed by atoms with van der Waals surface area (Å²) < 4.78 is 5.07. The number of piperidine rings is 1. The fraction of sp³-hybridized carbons (Fsp3) is 0.385. The molecule has 0 spiro atoms. The first-order valence-electron chi connectivity index (χ1n) is 11.5. The number of carbonyl (C=O) groups is 4. The Hall–Kier alpha value is -3.68. The Morgan fingerprint density at radius 2 is 1.71 bits per heavy atom. The summed E-state index contributed by atoms with van der Waals surface area (Å²) in [5.41, 5.74) is 2.50. The van der Waals surface area contributed by atoms with Gasteiger partial charge in [0.1, 0.15) is 0 Å². The van der Waals surface area contributed by atoms with Crippen LogP contribution in [-0.4, -0.2) is 73.3 Å².